The van der Waals surface area contributed by atoms with Crippen molar-refractivity contribution in [1.29, 1.82) is 0 Å². The SMILES string of the molecule is CC(c1ccccc1)(c1ccccc1)C1CC1. The van der Waals surface area contributed by atoms with Gasteiger partial charge in [0, 0.05) is 5.41 Å². The standard InChI is InChI=1S/C17H18/c1-17(16-12-13-16,14-8-4-2-5-9-14)15-10-6-3-7-11-15/h2-11,16H,12-13H2,1H3. The minimum atomic E-state index is 0.197. The zero-order chi connectivity index (χ0) is 11.7. The van der Waals surface area contributed by atoms with Gasteiger partial charge in [-0.2, -0.15) is 0 Å². The van der Waals surface area contributed by atoms with Crippen LogP contribution in [-0.4, -0.2) is 0 Å². The van der Waals surface area contributed by atoms with Crippen LogP contribution in [-0.2, 0) is 5.41 Å². The molecule has 2 aromatic carbocycles. The molecule has 0 amide bonds. The van der Waals surface area contributed by atoms with Gasteiger partial charge in [-0.05, 0) is 29.9 Å². The van der Waals surface area contributed by atoms with Crippen LogP contribution in [0.15, 0.2) is 60.7 Å². The molecule has 0 heteroatoms. The molecule has 0 N–H and O–H groups in total. The second-order valence-electron chi connectivity index (χ2n) is 5.21. The number of hydrogen-bond acceptors (Lipinski definition) is 0. The fraction of sp³-hybridized carbons (Fsp3) is 0.294. The third-order valence-electron chi connectivity index (χ3n) is 4.14. The lowest BCUT2D eigenvalue weighted by atomic mass is 9.72. The van der Waals surface area contributed by atoms with Gasteiger partial charge >= 0.3 is 0 Å². The molecule has 0 heterocycles. The lowest BCUT2D eigenvalue weighted by molar-refractivity contribution is 0.495. The number of rotatable bonds is 3. The average molecular weight is 222 g/mol. The van der Waals surface area contributed by atoms with Crippen LogP contribution in [0.4, 0.5) is 0 Å². The summed E-state index contributed by atoms with van der Waals surface area (Å²) in [5, 5.41) is 0. The van der Waals surface area contributed by atoms with Gasteiger partial charge in [-0.25, -0.2) is 0 Å². The summed E-state index contributed by atoms with van der Waals surface area (Å²) in [6.07, 6.45) is 2.72. The predicted molar refractivity (Wildman–Crippen MR) is 72.1 cm³/mol. The summed E-state index contributed by atoms with van der Waals surface area (Å²) >= 11 is 0. The maximum Gasteiger partial charge on any atom is 0.0202 e. The summed E-state index contributed by atoms with van der Waals surface area (Å²) in [6, 6.07) is 21.9. The van der Waals surface area contributed by atoms with Crippen molar-refractivity contribution in [3.8, 4) is 0 Å². The number of hydrogen-bond donors (Lipinski definition) is 0. The largest absolute Gasteiger partial charge is 0.0622 e. The summed E-state index contributed by atoms with van der Waals surface area (Å²) in [5.41, 5.74) is 3.10. The monoisotopic (exact) mass is 222 g/mol. The maximum atomic E-state index is 2.40. The highest BCUT2D eigenvalue weighted by atomic mass is 14.5. The van der Waals surface area contributed by atoms with Crippen LogP contribution in [0.3, 0.4) is 0 Å². The van der Waals surface area contributed by atoms with E-state index in [-0.39, 0.29) is 5.41 Å². The van der Waals surface area contributed by atoms with Crippen molar-refractivity contribution in [2.75, 3.05) is 0 Å². The van der Waals surface area contributed by atoms with Crippen LogP contribution in [0.1, 0.15) is 30.9 Å². The van der Waals surface area contributed by atoms with E-state index in [4.69, 9.17) is 0 Å². The van der Waals surface area contributed by atoms with Crippen molar-refractivity contribution in [2.24, 2.45) is 5.92 Å². The molecule has 1 aliphatic rings. The Morgan fingerprint density at radius 1 is 0.765 bits per heavy atom. The Kier molecular flexibility index (Phi) is 2.51. The molecule has 2 aromatic rings. The van der Waals surface area contributed by atoms with Crippen LogP contribution in [0.25, 0.3) is 0 Å². The first-order chi connectivity index (χ1) is 8.32. The van der Waals surface area contributed by atoms with Crippen molar-refractivity contribution in [2.45, 2.75) is 25.2 Å². The Bertz CT molecular complexity index is 440. The van der Waals surface area contributed by atoms with E-state index in [1.807, 2.05) is 0 Å². The van der Waals surface area contributed by atoms with E-state index < -0.39 is 0 Å². The zero-order valence-corrected chi connectivity index (χ0v) is 10.3. The average Bonchev–Trinajstić information content (AvgIpc) is 3.24. The molecule has 0 radical (unpaired) electrons. The van der Waals surface area contributed by atoms with Gasteiger partial charge in [-0.3, -0.25) is 0 Å². The molecule has 0 bridgehead atoms. The van der Waals surface area contributed by atoms with E-state index in [0.717, 1.165) is 5.92 Å². The first-order valence-electron chi connectivity index (χ1n) is 6.43. The van der Waals surface area contributed by atoms with Gasteiger partial charge in [0.15, 0.2) is 0 Å². The van der Waals surface area contributed by atoms with E-state index >= 15 is 0 Å². The quantitative estimate of drug-likeness (QED) is 0.722. The molecule has 0 saturated heterocycles. The highest BCUT2D eigenvalue weighted by Gasteiger charge is 2.43. The number of benzene rings is 2. The van der Waals surface area contributed by atoms with Crippen LogP contribution >= 0.6 is 0 Å². The van der Waals surface area contributed by atoms with E-state index in [2.05, 4.69) is 67.6 Å². The van der Waals surface area contributed by atoms with Crippen LogP contribution < -0.4 is 0 Å². The lowest BCUT2D eigenvalue weighted by Crippen LogP contribution is -2.26. The van der Waals surface area contributed by atoms with Gasteiger partial charge in [0.25, 0.3) is 0 Å². The lowest BCUT2D eigenvalue weighted by Gasteiger charge is -2.31. The molecular weight excluding hydrogens is 204 g/mol. The summed E-state index contributed by atoms with van der Waals surface area (Å²) in [6.45, 7) is 2.40. The fourth-order valence-corrected chi connectivity index (χ4v) is 2.87. The van der Waals surface area contributed by atoms with Crippen molar-refractivity contribution in [3.05, 3.63) is 71.8 Å². The Balaban J connectivity index is 2.11. The minimum absolute atomic E-state index is 0.197. The molecule has 17 heavy (non-hydrogen) atoms. The topological polar surface area (TPSA) is 0 Å². The van der Waals surface area contributed by atoms with Gasteiger partial charge in [0.05, 0.1) is 0 Å². The summed E-state index contributed by atoms with van der Waals surface area (Å²) in [4.78, 5) is 0. The molecule has 0 nitrogen and oxygen atoms in total. The highest BCUT2D eigenvalue weighted by Crippen LogP contribution is 2.50. The van der Waals surface area contributed by atoms with Crippen LogP contribution in [0, 0.1) is 5.92 Å². The van der Waals surface area contributed by atoms with Crippen molar-refractivity contribution in [1.82, 2.24) is 0 Å². The molecule has 3 rings (SSSR count). The van der Waals surface area contributed by atoms with Gasteiger partial charge < -0.3 is 0 Å². The summed E-state index contributed by atoms with van der Waals surface area (Å²) in [5.74, 6) is 0.812. The van der Waals surface area contributed by atoms with Gasteiger partial charge in [-0.15, -0.1) is 0 Å². The molecule has 86 valence electrons. The third-order valence-corrected chi connectivity index (χ3v) is 4.14. The molecule has 0 atom stereocenters. The van der Waals surface area contributed by atoms with Crippen molar-refractivity contribution >= 4 is 0 Å². The van der Waals surface area contributed by atoms with E-state index in [0.29, 0.717) is 0 Å². The molecule has 1 aliphatic carbocycles. The summed E-state index contributed by atoms with van der Waals surface area (Å²) in [7, 11) is 0. The van der Waals surface area contributed by atoms with Gasteiger partial charge in [0.2, 0.25) is 0 Å². The zero-order valence-electron chi connectivity index (χ0n) is 10.3. The highest BCUT2D eigenvalue weighted by molar-refractivity contribution is 5.40. The molecule has 1 fully saturated rings. The van der Waals surface area contributed by atoms with Gasteiger partial charge in [-0.1, -0.05) is 67.6 Å². The van der Waals surface area contributed by atoms with Gasteiger partial charge in [0.1, 0.15) is 0 Å². The minimum Gasteiger partial charge on any atom is -0.0622 e. The van der Waals surface area contributed by atoms with E-state index in [9.17, 15) is 0 Å². The fourth-order valence-electron chi connectivity index (χ4n) is 2.87. The van der Waals surface area contributed by atoms with Crippen LogP contribution in [0.2, 0.25) is 0 Å². The molecule has 1 saturated carbocycles. The Morgan fingerprint density at radius 2 is 1.18 bits per heavy atom. The molecule has 0 spiro atoms. The predicted octanol–water partition coefficient (Wildman–Crippen LogP) is 4.40. The molecular formula is C17H18. The van der Waals surface area contributed by atoms with Crippen molar-refractivity contribution < 1.29 is 0 Å². The maximum absolute atomic E-state index is 2.40. The molecule has 0 aromatic heterocycles. The normalized spacial score (nSPS) is 15.8. The van der Waals surface area contributed by atoms with Crippen molar-refractivity contribution in [3.63, 3.8) is 0 Å². The van der Waals surface area contributed by atoms with E-state index in [1.54, 1.807) is 0 Å². The molecule has 0 unspecified atom stereocenters. The Morgan fingerprint density at radius 3 is 1.53 bits per heavy atom. The van der Waals surface area contributed by atoms with E-state index in [1.165, 1.54) is 24.0 Å². The summed E-state index contributed by atoms with van der Waals surface area (Å²) < 4.78 is 0. The Labute approximate surface area is 103 Å². The first-order valence-corrected chi connectivity index (χ1v) is 6.43. The molecule has 0 aliphatic heterocycles. The third kappa shape index (κ3) is 1.78. The first kappa shape index (κ1) is 10.6. The van der Waals surface area contributed by atoms with Crippen LogP contribution in [0.5, 0.6) is 0 Å². The second kappa shape index (κ2) is 4.03. The smallest absolute Gasteiger partial charge is 0.0202 e. The Hall–Kier alpha value is -1.56. The second-order valence-corrected chi connectivity index (χ2v) is 5.21.